The van der Waals surface area contributed by atoms with Crippen molar-refractivity contribution in [2.75, 3.05) is 5.32 Å². The molecule has 1 amide bonds. The van der Waals surface area contributed by atoms with Crippen LogP contribution in [0.4, 0.5) is 10.1 Å². The molecule has 126 valence electrons. The highest BCUT2D eigenvalue weighted by Crippen LogP contribution is 2.21. The van der Waals surface area contributed by atoms with E-state index in [1.54, 1.807) is 18.2 Å². The number of amides is 1. The fourth-order valence-corrected chi connectivity index (χ4v) is 2.14. The highest BCUT2D eigenvalue weighted by atomic mass is 19.1. The maximum atomic E-state index is 14.0. The van der Waals surface area contributed by atoms with E-state index in [9.17, 15) is 14.0 Å². The van der Waals surface area contributed by atoms with Gasteiger partial charge in [-0.3, -0.25) is 4.79 Å². The second-order valence-electron chi connectivity index (χ2n) is 5.54. The Kier molecular flexibility index (Phi) is 5.52. The predicted molar refractivity (Wildman–Crippen MR) is 87.9 cm³/mol. The van der Waals surface area contributed by atoms with Gasteiger partial charge in [0.2, 0.25) is 5.91 Å². The number of carbonyl (C=O) groups excluding carboxylic acids is 1. The van der Waals surface area contributed by atoms with Gasteiger partial charge >= 0.3 is 5.97 Å². The van der Waals surface area contributed by atoms with E-state index in [-0.39, 0.29) is 23.8 Å². The summed E-state index contributed by atoms with van der Waals surface area (Å²) >= 11 is 0. The Balaban J connectivity index is 2.04. The van der Waals surface area contributed by atoms with Crippen molar-refractivity contribution < 1.29 is 23.8 Å². The molecule has 0 atom stereocenters. The molecule has 2 aromatic rings. The molecule has 0 spiro atoms. The molecule has 0 aliphatic carbocycles. The lowest BCUT2D eigenvalue weighted by atomic mass is 10.1. The SMILES string of the molecule is CC(C)Oc1ccc(NC(=O)Cc2cccc(C(=O)O)c2)c(F)c1. The number of nitrogens with one attached hydrogen (secondary N) is 1. The average Bonchev–Trinajstić information content (AvgIpc) is 2.49. The van der Waals surface area contributed by atoms with Crippen LogP contribution in [0.3, 0.4) is 0 Å². The lowest BCUT2D eigenvalue weighted by Gasteiger charge is -2.12. The molecule has 0 saturated heterocycles. The standard InChI is InChI=1S/C18H18FNO4/c1-11(2)24-14-6-7-16(15(19)10-14)20-17(21)9-12-4-3-5-13(8-12)18(22)23/h3-8,10-11H,9H2,1-2H3,(H,20,21)(H,22,23). The summed E-state index contributed by atoms with van der Waals surface area (Å²) in [6, 6.07) is 10.3. The van der Waals surface area contributed by atoms with Crippen molar-refractivity contribution >= 4 is 17.6 Å². The first-order valence-electron chi connectivity index (χ1n) is 7.43. The number of aromatic carboxylic acids is 1. The minimum absolute atomic E-state index is 0.0468. The van der Waals surface area contributed by atoms with Gasteiger partial charge in [0.15, 0.2) is 0 Å². The molecule has 0 aromatic heterocycles. The third-order valence-corrected chi connectivity index (χ3v) is 3.13. The lowest BCUT2D eigenvalue weighted by molar-refractivity contribution is -0.115. The van der Waals surface area contributed by atoms with Crippen LogP contribution >= 0.6 is 0 Å². The van der Waals surface area contributed by atoms with Crippen LogP contribution in [0.15, 0.2) is 42.5 Å². The monoisotopic (exact) mass is 331 g/mol. The van der Waals surface area contributed by atoms with Crippen molar-refractivity contribution in [1.29, 1.82) is 0 Å². The van der Waals surface area contributed by atoms with E-state index in [0.29, 0.717) is 11.3 Å². The van der Waals surface area contributed by atoms with Crippen LogP contribution in [0.25, 0.3) is 0 Å². The van der Waals surface area contributed by atoms with Gasteiger partial charge in [0.05, 0.1) is 23.8 Å². The van der Waals surface area contributed by atoms with Crippen molar-refractivity contribution in [3.8, 4) is 5.75 Å². The summed E-state index contributed by atoms with van der Waals surface area (Å²) in [5.41, 5.74) is 0.680. The third kappa shape index (κ3) is 4.81. The Bertz CT molecular complexity index is 758. The summed E-state index contributed by atoms with van der Waals surface area (Å²) in [6.07, 6.45) is -0.128. The van der Waals surface area contributed by atoms with Crippen LogP contribution < -0.4 is 10.1 Å². The van der Waals surface area contributed by atoms with Crippen molar-refractivity contribution in [2.24, 2.45) is 0 Å². The van der Waals surface area contributed by atoms with Gasteiger partial charge < -0.3 is 15.2 Å². The Morgan fingerprint density at radius 3 is 2.58 bits per heavy atom. The number of ether oxygens (including phenoxy) is 1. The Morgan fingerprint density at radius 2 is 1.96 bits per heavy atom. The molecule has 0 radical (unpaired) electrons. The molecule has 0 fully saturated rings. The number of benzene rings is 2. The smallest absolute Gasteiger partial charge is 0.335 e. The van der Waals surface area contributed by atoms with Crippen molar-refractivity contribution in [3.05, 3.63) is 59.4 Å². The van der Waals surface area contributed by atoms with Gasteiger partial charge in [0.1, 0.15) is 11.6 Å². The molecule has 2 rings (SSSR count). The molecule has 2 N–H and O–H groups in total. The molecule has 5 nitrogen and oxygen atoms in total. The molecule has 0 heterocycles. The highest BCUT2D eigenvalue weighted by Gasteiger charge is 2.11. The lowest BCUT2D eigenvalue weighted by Crippen LogP contribution is -2.16. The number of halogens is 1. The van der Waals surface area contributed by atoms with E-state index in [1.165, 1.54) is 24.3 Å². The summed E-state index contributed by atoms with van der Waals surface area (Å²) in [5.74, 6) is -1.71. The van der Waals surface area contributed by atoms with Crippen LogP contribution in [0.2, 0.25) is 0 Å². The summed E-state index contributed by atoms with van der Waals surface area (Å²) in [4.78, 5) is 22.9. The summed E-state index contributed by atoms with van der Waals surface area (Å²) in [7, 11) is 0. The zero-order valence-electron chi connectivity index (χ0n) is 13.4. The number of carbonyl (C=O) groups is 2. The summed E-state index contributed by atoms with van der Waals surface area (Å²) in [5, 5.41) is 11.4. The van der Waals surface area contributed by atoms with E-state index in [2.05, 4.69) is 5.32 Å². The number of carboxylic acids is 1. The van der Waals surface area contributed by atoms with Crippen LogP contribution in [-0.4, -0.2) is 23.1 Å². The van der Waals surface area contributed by atoms with E-state index in [0.717, 1.165) is 0 Å². The fraction of sp³-hybridized carbons (Fsp3) is 0.222. The normalized spacial score (nSPS) is 10.5. The molecule has 0 aliphatic heterocycles. The first kappa shape index (κ1) is 17.5. The minimum atomic E-state index is -1.07. The topological polar surface area (TPSA) is 75.6 Å². The van der Waals surface area contributed by atoms with E-state index in [1.807, 2.05) is 13.8 Å². The highest BCUT2D eigenvalue weighted by molar-refractivity contribution is 5.93. The molecule has 0 saturated carbocycles. The van der Waals surface area contributed by atoms with Gasteiger partial charge in [0.25, 0.3) is 0 Å². The summed E-state index contributed by atoms with van der Waals surface area (Å²) in [6.45, 7) is 3.66. The summed E-state index contributed by atoms with van der Waals surface area (Å²) < 4.78 is 19.4. The minimum Gasteiger partial charge on any atom is -0.491 e. The van der Waals surface area contributed by atoms with Gasteiger partial charge in [-0.05, 0) is 43.7 Å². The molecule has 0 aliphatic rings. The number of hydrogen-bond donors (Lipinski definition) is 2. The second kappa shape index (κ2) is 7.59. The van der Waals surface area contributed by atoms with Crippen molar-refractivity contribution in [2.45, 2.75) is 26.4 Å². The van der Waals surface area contributed by atoms with Crippen molar-refractivity contribution in [3.63, 3.8) is 0 Å². The van der Waals surface area contributed by atoms with Gasteiger partial charge in [-0.2, -0.15) is 0 Å². The Labute approximate surface area is 139 Å². The molecule has 24 heavy (non-hydrogen) atoms. The van der Waals surface area contributed by atoms with E-state index in [4.69, 9.17) is 9.84 Å². The molecular weight excluding hydrogens is 313 g/mol. The van der Waals surface area contributed by atoms with Gasteiger partial charge in [-0.1, -0.05) is 12.1 Å². The first-order valence-corrected chi connectivity index (χ1v) is 7.43. The fourth-order valence-electron chi connectivity index (χ4n) is 2.14. The number of rotatable bonds is 6. The molecule has 2 aromatic carbocycles. The zero-order chi connectivity index (χ0) is 17.7. The van der Waals surface area contributed by atoms with Gasteiger partial charge in [-0.25, -0.2) is 9.18 Å². The quantitative estimate of drug-likeness (QED) is 0.849. The Morgan fingerprint density at radius 1 is 1.21 bits per heavy atom. The van der Waals surface area contributed by atoms with Crippen LogP contribution in [-0.2, 0) is 11.2 Å². The van der Waals surface area contributed by atoms with Crippen LogP contribution in [0.1, 0.15) is 29.8 Å². The first-order chi connectivity index (χ1) is 11.3. The van der Waals surface area contributed by atoms with Crippen LogP contribution in [0.5, 0.6) is 5.75 Å². The number of anilines is 1. The van der Waals surface area contributed by atoms with Crippen molar-refractivity contribution in [1.82, 2.24) is 0 Å². The average molecular weight is 331 g/mol. The van der Waals surface area contributed by atoms with Gasteiger partial charge in [0, 0.05) is 6.07 Å². The van der Waals surface area contributed by atoms with Crippen LogP contribution in [0, 0.1) is 5.82 Å². The largest absolute Gasteiger partial charge is 0.491 e. The molecule has 0 unspecified atom stereocenters. The number of carboxylic acid groups (broad SMARTS) is 1. The van der Waals surface area contributed by atoms with E-state index < -0.39 is 17.7 Å². The maximum Gasteiger partial charge on any atom is 0.335 e. The van der Waals surface area contributed by atoms with Gasteiger partial charge in [-0.15, -0.1) is 0 Å². The molecule has 0 bridgehead atoms. The zero-order valence-corrected chi connectivity index (χ0v) is 13.4. The third-order valence-electron chi connectivity index (χ3n) is 3.13. The predicted octanol–water partition coefficient (Wildman–Crippen LogP) is 3.49. The maximum absolute atomic E-state index is 14.0. The second-order valence-corrected chi connectivity index (χ2v) is 5.54. The van der Waals surface area contributed by atoms with E-state index >= 15 is 0 Å². The number of hydrogen-bond acceptors (Lipinski definition) is 3. The Hall–Kier alpha value is -2.89. The molecular formula is C18H18FNO4. The molecule has 6 heteroatoms.